The number of alkyl halides is 3. The Morgan fingerprint density at radius 3 is 2.70 bits per heavy atom. The van der Waals surface area contributed by atoms with Crippen LogP contribution in [0.4, 0.5) is 41.9 Å². The third-order valence-electron chi connectivity index (χ3n) is 7.71. The van der Waals surface area contributed by atoms with Gasteiger partial charge in [-0.3, -0.25) is 9.63 Å². The quantitative estimate of drug-likeness (QED) is 0.331. The van der Waals surface area contributed by atoms with Crippen molar-refractivity contribution in [1.29, 1.82) is 0 Å². The second-order valence-electron chi connectivity index (χ2n) is 10.5. The van der Waals surface area contributed by atoms with Gasteiger partial charge in [0.05, 0.1) is 42.4 Å². The van der Waals surface area contributed by atoms with Crippen LogP contribution in [0.2, 0.25) is 0 Å². The molecule has 2 aromatic carbocycles. The molecule has 1 amide bonds. The molecule has 0 aliphatic carbocycles. The molecule has 5 rings (SSSR count). The first-order chi connectivity index (χ1) is 20.6. The van der Waals surface area contributed by atoms with Gasteiger partial charge in [0, 0.05) is 44.2 Å². The molecule has 10 nitrogen and oxygen atoms in total. The van der Waals surface area contributed by atoms with E-state index in [1.807, 2.05) is 6.07 Å². The van der Waals surface area contributed by atoms with Gasteiger partial charge in [0.1, 0.15) is 17.9 Å². The third kappa shape index (κ3) is 6.67. The molecule has 3 aromatic rings. The molecule has 43 heavy (non-hydrogen) atoms. The first-order valence-electron chi connectivity index (χ1n) is 13.9. The van der Waals surface area contributed by atoms with Gasteiger partial charge >= 0.3 is 6.18 Å². The van der Waals surface area contributed by atoms with Gasteiger partial charge in [-0.25, -0.2) is 15.0 Å². The van der Waals surface area contributed by atoms with Crippen LogP contribution in [0, 0.1) is 0 Å². The van der Waals surface area contributed by atoms with Gasteiger partial charge in [0.2, 0.25) is 5.91 Å². The summed E-state index contributed by atoms with van der Waals surface area (Å²) in [5.74, 6) is 0.941. The second kappa shape index (κ2) is 12.5. The van der Waals surface area contributed by atoms with Crippen molar-refractivity contribution < 1.29 is 27.5 Å². The largest absolute Gasteiger partial charge is 0.494 e. The number of ether oxygens (including phenoxy) is 1. The summed E-state index contributed by atoms with van der Waals surface area (Å²) in [6.45, 7) is 8.44. The number of hydrogen-bond donors (Lipinski definition) is 2. The maximum atomic E-state index is 13.4. The van der Waals surface area contributed by atoms with Crippen LogP contribution >= 0.6 is 0 Å². The molecule has 0 saturated carbocycles. The number of carbonyl (C=O) groups excluding carboxylic acids is 1. The summed E-state index contributed by atoms with van der Waals surface area (Å²) < 4.78 is 45.8. The minimum atomic E-state index is -4.45. The lowest BCUT2D eigenvalue weighted by atomic mass is 10.0. The molecule has 2 aliphatic rings. The van der Waals surface area contributed by atoms with Crippen molar-refractivity contribution in [1.82, 2.24) is 14.9 Å². The summed E-state index contributed by atoms with van der Waals surface area (Å²) in [5, 5.41) is 7.65. The molecular weight excluding hydrogens is 563 g/mol. The van der Waals surface area contributed by atoms with Crippen molar-refractivity contribution in [2.45, 2.75) is 31.6 Å². The Labute approximate surface area is 248 Å². The molecule has 2 aliphatic heterocycles. The molecule has 1 aromatic heterocycles. The van der Waals surface area contributed by atoms with Crippen LogP contribution in [0.25, 0.3) is 0 Å². The zero-order valence-corrected chi connectivity index (χ0v) is 24.2. The summed E-state index contributed by atoms with van der Waals surface area (Å²) in [6, 6.07) is 10.4. The lowest BCUT2D eigenvalue weighted by Crippen LogP contribution is -2.50. The number of benzene rings is 2. The maximum Gasteiger partial charge on any atom is 0.416 e. The number of rotatable bonds is 8. The van der Waals surface area contributed by atoms with Crippen molar-refractivity contribution in [2.75, 3.05) is 61.0 Å². The topological polar surface area (TPSA) is 95.1 Å². The number of carbonyl (C=O) groups is 1. The SMILES string of the molecule is C=CC(=O)Nc1cc(Nc2cc(N3OCC[C@@H]3c3cccc(C(F)(F)F)c3)ncn2)c(OC)cc1N1CCN(C)[C@H](C)C1. The number of piperazine rings is 1. The Hall–Kier alpha value is -4.36. The summed E-state index contributed by atoms with van der Waals surface area (Å²) in [5.41, 5.74) is 1.68. The smallest absolute Gasteiger partial charge is 0.416 e. The first-order valence-corrected chi connectivity index (χ1v) is 13.9. The average molecular weight is 598 g/mol. The number of nitrogens with zero attached hydrogens (tertiary/aromatic N) is 5. The molecule has 2 atom stereocenters. The Bertz CT molecular complexity index is 1490. The number of hydrogen-bond acceptors (Lipinski definition) is 9. The summed E-state index contributed by atoms with van der Waals surface area (Å²) in [7, 11) is 3.64. The molecule has 2 saturated heterocycles. The van der Waals surface area contributed by atoms with Gasteiger partial charge in [-0.05, 0) is 43.8 Å². The number of halogens is 3. The number of nitrogens with one attached hydrogen (secondary N) is 2. The van der Waals surface area contributed by atoms with Gasteiger partial charge in [0.25, 0.3) is 0 Å². The van der Waals surface area contributed by atoms with Crippen LogP contribution in [0.15, 0.2) is 61.4 Å². The van der Waals surface area contributed by atoms with Crippen molar-refractivity contribution in [3.63, 3.8) is 0 Å². The maximum absolute atomic E-state index is 13.4. The lowest BCUT2D eigenvalue weighted by Gasteiger charge is -2.39. The van der Waals surface area contributed by atoms with Gasteiger partial charge in [-0.2, -0.15) is 13.2 Å². The predicted octanol–water partition coefficient (Wildman–Crippen LogP) is 5.40. The van der Waals surface area contributed by atoms with Crippen molar-refractivity contribution >= 4 is 34.6 Å². The van der Waals surface area contributed by atoms with Crippen molar-refractivity contribution in [2.24, 2.45) is 0 Å². The van der Waals surface area contributed by atoms with Gasteiger partial charge in [-0.15, -0.1) is 0 Å². The van der Waals surface area contributed by atoms with Crippen LogP contribution in [0.3, 0.4) is 0 Å². The van der Waals surface area contributed by atoms with Gasteiger partial charge in [-0.1, -0.05) is 18.7 Å². The fourth-order valence-corrected chi connectivity index (χ4v) is 5.24. The number of amides is 1. The molecule has 0 bridgehead atoms. The number of methoxy groups -OCH3 is 1. The number of aromatic nitrogens is 2. The number of hydroxylamine groups is 1. The Balaban J connectivity index is 1.44. The molecular formula is C30H34F3N7O3. The van der Waals surface area contributed by atoms with E-state index in [-0.39, 0.29) is 5.91 Å². The van der Waals surface area contributed by atoms with Crippen molar-refractivity contribution in [3.05, 3.63) is 72.6 Å². The Morgan fingerprint density at radius 1 is 1.16 bits per heavy atom. The molecule has 0 unspecified atom stereocenters. The highest BCUT2D eigenvalue weighted by Gasteiger charge is 2.34. The van der Waals surface area contributed by atoms with E-state index in [9.17, 15) is 18.0 Å². The van der Waals surface area contributed by atoms with E-state index in [0.29, 0.717) is 53.4 Å². The fourth-order valence-electron chi connectivity index (χ4n) is 5.24. The molecule has 2 fully saturated rings. The fraction of sp³-hybridized carbons (Fsp3) is 0.367. The summed E-state index contributed by atoms with van der Waals surface area (Å²) in [4.78, 5) is 31.3. The molecule has 0 radical (unpaired) electrons. The molecule has 0 spiro atoms. The zero-order valence-electron chi connectivity index (χ0n) is 24.2. The van der Waals surface area contributed by atoms with Crippen LogP contribution in [-0.2, 0) is 15.8 Å². The summed E-state index contributed by atoms with van der Waals surface area (Å²) in [6.07, 6.45) is -1.41. The minimum absolute atomic E-state index is 0.313. The minimum Gasteiger partial charge on any atom is -0.494 e. The van der Waals surface area contributed by atoms with E-state index >= 15 is 0 Å². The predicted molar refractivity (Wildman–Crippen MR) is 159 cm³/mol. The monoisotopic (exact) mass is 597 g/mol. The molecule has 13 heteroatoms. The van der Waals surface area contributed by atoms with E-state index in [1.54, 1.807) is 25.3 Å². The van der Waals surface area contributed by atoms with E-state index in [0.717, 1.165) is 37.5 Å². The summed E-state index contributed by atoms with van der Waals surface area (Å²) >= 11 is 0. The molecule has 3 heterocycles. The van der Waals surface area contributed by atoms with E-state index in [4.69, 9.17) is 9.57 Å². The Kier molecular flexibility index (Phi) is 8.74. The van der Waals surface area contributed by atoms with Crippen LogP contribution in [0.1, 0.15) is 30.5 Å². The molecule has 228 valence electrons. The molecule has 2 N–H and O–H groups in total. The van der Waals surface area contributed by atoms with Crippen LogP contribution < -0.4 is 25.3 Å². The lowest BCUT2D eigenvalue weighted by molar-refractivity contribution is -0.137. The normalized spacial score (nSPS) is 19.3. The third-order valence-corrected chi connectivity index (χ3v) is 7.71. The second-order valence-corrected chi connectivity index (χ2v) is 10.5. The van der Waals surface area contributed by atoms with E-state index in [1.165, 1.54) is 23.5 Å². The van der Waals surface area contributed by atoms with Gasteiger partial charge < -0.3 is 25.2 Å². The van der Waals surface area contributed by atoms with Crippen LogP contribution in [0.5, 0.6) is 5.75 Å². The standard InChI is InChI=1S/C30H34F3N7O3/c1-5-29(41)37-22-14-23(26(42-4)15-25(22)39-11-10-38(3)19(2)17-39)36-27-16-28(35-18-34-27)40-24(9-12-43-40)20-7-6-8-21(13-20)30(31,32)33/h5-8,13-16,18-19,24H,1,9-12,17H2,2-4H3,(H,37,41)(H,34,35,36)/t19-,24-/m1/s1. The number of anilines is 5. The van der Waals surface area contributed by atoms with Crippen molar-refractivity contribution in [3.8, 4) is 5.75 Å². The highest BCUT2D eigenvalue weighted by atomic mass is 19.4. The highest BCUT2D eigenvalue weighted by Crippen LogP contribution is 2.41. The first kappa shape index (κ1) is 30.1. The van der Waals surface area contributed by atoms with Crippen LogP contribution in [-0.4, -0.2) is 67.2 Å². The van der Waals surface area contributed by atoms with E-state index in [2.05, 4.69) is 51.0 Å². The zero-order chi connectivity index (χ0) is 30.7. The van der Waals surface area contributed by atoms with Gasteiger partial charge in [0.15, 0.2) is 5.82 Å². The highest BCUT2D eigenvalue weighted by molar-refractivity contribution is 6.02. The Morgan fingerprint density at radius 2 is 1.98 bits per heavy atom. The number of likely N-dealkylation sites (N-methyl/N-ethyl adjacent to an activating group) is 1. The average Bonchev–Trinajstić information content (AvgIpc) is 3.49. The van der Waals surface area contributed by atoms with E-state index < -0.39 is 17.8 Å².